The van der Waals surface area contributed by atoms with Crippen LogP contribution in [0.25, 0.3) is 0 Å². The molecule has 0 radical (unpaired) electrons. The van der Waals surface area contributed by atoms with Crippen LogP contribution in [0.1, 0.15) is 369 Å². The summed E-state index contributed by atoms with van der Waals surface area (Å²) < 4.78 is 30.0. The summed E-state index contributed by atoms with van der Waals surface area (Å²) in [6, 6.07) is 0. The lowest BCUT2D eigenvalue weighted by molar-refractivity contribution is -0.350. The first-order valence-electron chi connectivity index (χ1n) is 31.0. The van der Waals surface area contributed by atoms with E-state index in [1.54, 1.807) is 0 Å². The molecule has 3 unspecified atom stereocenters. The van der Waals surface area contributed by atoms with Crippen molar-refractivity contribution in [1.82, 2.24) is 0 Å². The SMILES string of the molecule is CCCCCCCCCCCCCCCCCCC(C)OOP(=O)(OOC(C)CCCCCCCCCCCCCCCCCC)OOC(C)CCCCCCCCCCCCCCCCCC. The molecule has 0 aliphatic heterocycles. The summed E-state index contributed by atoms with van der Waals surface area (Å²) in [5, 5.41) is 0. The molecule has 0 amide bonds. The molecule has 8 heteroatoms. The van der Waals surface area contributed by atoms with E-state index in [9.17, 15) is 4.57 Å². The Morgan fingerprint density at radius 1 is 0.235 bits per heavy atom. The first-order valence-corrected chi connectivity index (χ1v) is 32.5. The third-order valence-electron chi connectivity index (χ3n) is 14.3. The zero-order valence-electron chi connectivity index (χ0n) is 47.1. The summed E-state index contributed by atoms with van der Waals surface area (Å²) in [5.74, 6) is 0. The summed E-state index contributed by atoms with van der Waals surface area (Å²) in [4.78, 5) is 16.8. The van der Waals surface area contributed by atoms with Crippen molar-refractivity contribution in [3.63, 3.8) is 0 Å². The van der Waals surface area contributed by atoms with Crippen molar-refractivity contribution in [1.29, 1.82) is 0 Å². The molecule has 0 aliphatic rings. The molecule has 0 N–H and O–H groups in total. The van der Waals surface area contributed by atoms with Crippen LogP contribution >= 0.6 is 7.82 Å². The molecule has 0 aromatic carbocycles. The first-order chi connectivity index (χ1) is 33.4. The highest BCUT2D eigenvalue weighted by Gasteiger charge is 2.35. The number of unbranched alkanes of at least 4 members (excludes halogenated alkanes) is 45. The second-order valence-electron chi connectivity index (χ2n) is 21.7. The average Bonchev–Trinajstić information content (AvgIpc) is 3.34. The molecule has 0 aromatic heterocycles. The Morgan fingerprint density at radius 2 is 0.368 bits per heavy atom. The van der Waals surface area contributed by atoms with Gasteiger partial charge in [-0.2, -0.15) is 0 Å². The number of hydrogen-bond donors (Lipinski definition) is 0. The van der Waals surface area contributed by atoms with E-state index in [1.807, 2.05) is 20.8 Å². The van der Waals surface area contributed by atoms with Gasteiger partial charge < -0.3 is 0 Å². The van der Waals surface area contributed by atoms with Gasteiger partial charge in [0.15, 0.2) is 0 Å². The van der Waals surface area contributed by atoms with E-state index < -0.39 is 7.82 Å². The van der Waals surface area contributed by atoms with Gasteiger partial charge in [-0.25, -0.2) is 19.2 Å². The van der Waals surface area contributed by atoms with Gasteiger partial charge in [0.05, 0.1) is 18.3 Å². The molecule has 0 aliphatic carbocycles. The second-order valence-corrected chi connectivity index (χ2v) is 23.0. The van der Waals surface area contributed by atoms with Gasteiger partial charge in [-0.15, -0.1) is 14.0 Å². The highest BCUT2D eigenvalue weighted by molar-refractivity contribution is 7.48. The molecule has 0 fully saturated rings. The van der Waals surface area contributed by atoms with Crippen molar-refractivity contribution in [3.05, 3.63) is 0 Å². The monoisotopic (exact) mass is 987 g/mol. The molecular formula is C60H123O7P. The van der Waals surface area contributed by atoms with Gasteiger partial charge in [-0.3, -0.25) is 0 Å². The standard InChI is InChI=1S/C60H123O7P/c1-7-10-13-16-19-22-25-28-31-34-37-40-43-46-49-52-55-58(4)62-65-68(61,66-63-59(5)56-53-50-47-44-41-38-35-32-29-26-23-20-17-14-11-8-2)67-64-60(6)57-54-51-48-45-42-39-36-33-30-27-24-21-18-15-12-9-3/h58-60H,7-57H2,1-6H3. The third-order valence-corrected chi connectivity index (χ3v) is 15.1. The van der Waals surface area contributed by atoms with Crippen LogP contribution in [0.2, 0.25) is 0 Å². The first kappa shape index (κ1) is 68.0. The Morgan fingerprint density at radius 3 is 0.515 bits per heavy atom. The minimum absolute atomic E-state index is 0.257. The molecular weight excluding hydrogens is 864 g/mol. The smallest absolute Gasteiger partial charge is 0.223 e. The van der Waals surface area contributed by atoms with Gasteiger partial charge in [-0.1, -0.05) is 329 Å². The summed E-state index contributed by atoms with van der Waals surface area (Å²) in [7, 11) is -4.28. The van der Waals surface area contributed by atoms with E-state index in [-0.39, 0.29) is 18.3 Å². The Hall–Kier alpha value is -0.0100. The number of phosphoric acid groups is 1. The summed E-state index contributed by atoms with van der Waals surface area (Å²) in [5.41, 5.74) is 0. The van der Waals surface area contributed by atoms with E-state index in [0.29, 0.717) is 0 Å². The fraction of sp³-hybridized carbons (Fsp3) is 1.00. The summed E-state index contributed by atoms with van der Waals surface area (Å²) in [6.45, 7) is 12.7. The average molecular weight is 988 g/mol. The number of hydrogen-bond acceptors (Lipinski definition) is 7. The van der Waals surface area contributed by atoms with Gasteiger partial charge >= 0.3 is 7.82 Å². The predicted octanol–water partition coefficient (Wildman–Crippen LogP) is 23.1. The van der Waals surface area contributed by atoms with Crippen LogP contribution in [0.4, 0.5) is 0 Å². The Kier molecular flexibility index (Phi) is 56.3. The summed E-state index contributed by atoms with van der Waals surface area (Å²) >= 11 is 0. The van der Waals surface area contributed by atoms with E-state index in [4.69, 9.17) is 28.7 Å². The van der Waals surface area contributed by atoms with Crippen LogP contribution in [0.15, 0.2) is 0 Å². The van der Waals surface area contributed by atoms with Crippen molar-refractivity contribution >= 4 is 7.82 Å². The molecule has 0 aromatic rings. The van der Waals surface area contributed by atoms with Gasteiger partial charge in [0, 0.05) is 0 Å². The second kappa shape index (κ2) is 56.3. The maximum Gasteiger partial charge on any atom is 0.556 e. The molecule has 7 nitrogen and oxygen atoms in total. The zero-order valence-corrected chi connectivity index (χ0v) is 48.0. The Bertz CT molecular complexity index is 865. The fourth-order valence-corrected chi connectivity index (χ4v) is 10.3. The van der Waals surface area contributed by atoms with Crippen LogP contribution in [0.3, 0.4) is 0 Å². The molecule has 0 heterocycles. The maximum atomic E-state index is 13.8. The zero-order chi connectivity index (χ0) is 49.5. The van der Waals surface area contributed by atoms with Gasteiger partial charge in [0.2, 0.25) is 0 Å². The minimum Gasteiger partial charge on any atom is -0.223 e. The fourth-order valence-electron chi connectivity index (χ4n) is 9.50. The van der Waals surface area contributed by atoms with Crippen molar-refractivity contribution < 1.29 is 33.3 Å². The summed E-state index contributed by atoms with van der Waals surface area (Å²) in [6.07, 6.45) is 66.1. The lowest BCUT2D eigenvalue weighted by Crippen LogP contribution is -2.15. The highest BCUT2D eigenvalue weighted by Crippen LogP contribution is 2.51. The van der Waals surface area contributed by atoms with Crippen molar-refractivity contribution in [2.75, 3.05) is 0 Å². The molecule has 0 rings (SSSR count). The molecule has 68 heavy (non-hydrogen) atoms. The lowest BCUT2D eigenvalue weighted by atomic mass is 10.0. The van der Waals surface area contributed by atoms with Crippen LogP contribution in [-0.4, -0.2) is 18.3 Å². The molecule has 410 valence electrons. The largest absolute Gasteiger partial charge is 0.556 e. The third kappa shape index (κ3) is 53.8. The highest BCUT2D eigenvalue weighted by atomic mass is 31.2. The van der Waals surface area contributed by atoms with Gasteiger partial charge in [0.1, 0.15) is 0 Å². The van der Waals surface area contributed by atoms with Crippen molar-refractivity contribution in [2.24, 2.45) is 0 Å². The minimum atomic E-state index is -4.28. The van der Waals surface area contributed by atoms with Crippen LogP contribution in [-0.2, 0) is 33.3 Å². The van der Waals surface area contributed by atoms with E-state index in [1.165, 1.54) is 270 Å². The maximum absolute atomic E-state index is 13.8. The van der Waals surface area contributed by atoms with E-state index in [0.717, 1.165) is 57.8 Å². The number of rotatable bonds is 60. The molecule has 0 saturated carbocycles. The Balaban J connectivity index is 4.39. The van der Waals surface area contributed by atoms with Crippen LogP contribution < -0.4 is 0 Å². The topological polar surface area (TPSA) is 72.5 Å². The van der Waals surface area contributed by atoms with Crippen LogP contribution in [0.5, 0.6) is 0 Å². The quantitative estimate of drug-likeness (QED) is 0.0260. The molecule has 0 spiro atoms. The Labute approximate surface area is 426 Å². The lowest BCUT2D eigenvalue weighted by Gasteiger charge is -2.20. The van der Waals surface area contributed by atoms with E-state index >= 15 is 0 Å². The normalized spacial score (nSPS) is 14.1. The van der Waals surface area contributed by atoms with Gasteiger partial charge in [-0.05, 0) is 40.0 Å². The molecule has 0 bridgehead atoms. The van der Waals surface area contributed by atoms with Gasteiger partial charge in [0.25, 0.3) is 0 Å². The molecule has 3 atom stereocenters. The van der Waals surface area contributed by atoms with Crippen molar-refractivity contribution in [2.45, 2.75) is 387 Å². The van der Waals surface area contributed by atoms with Crippen LogP contribution in [0, 0.1) is 0 Å². The molecule has 0 saturated heterocycles. The van der Waals surface area contributed by atoms with Crippen molar-refractivity contribution in [3.8, 4) is 0 Å². The predicted molar refractivity (Wildman–Crippen MR) is 295 cm³/mol. The van der Waals surface area contributed by atoms with E-state index in [2.05, 4.69) is 20.8 Å².